The van der Waals surface area contributed by atoms with Crippen LogP contribution in [-0.2, 0) is 0 Å². The molecule has 18 heavy (non-hydrogen) atoms. The van der Waals surface area contributed by atoms with Crippen LogP contribution in [0.1, 0.15) is 18.4 Å². The zero-order valence-electron chi connectivity index (χ0n) is 10.3. The molecule has 0 radical (unpaired) electrons. The van der Waals surface area contributed by atoms with Crippen molar-refractivity contribution in [2.24, 2.45) is 0 Å². The van der Waals surface area contributed by atoms with Crippen molar-refractivity contribution >= 4 is 11.7 Å². The van der Waals surface area contributed by atoms with Crippen LogP contribution in [-0.4, -0.2) is 35.2 Å². The summed E-state index contributed by atoms with van der Waals surface area (Å²) in [5.74, 6) is -0.340. The summed E-state index contributed by atoms with van der Waals surface area (Å²) in [6, 6.07) is 4.52. The Morgan fingerprint density at radius 1 is 1.56 bits per heavy atom. The number of aliphatic hydroxyl groups excluding tert-OH is 1. The molecule has 0 aromatic heterocycles. The summed E-state index contributed by atoms with van der Waals surface area (Å²) in [4.78, 5) is 13.6. The topological polar surface area (TPSA) is 52.6 Å². The van der Waals surface area contributed by atoms with Crippen molar-refractivity contribution in [3.8, 4) is 0 Å². The quantitative estimate of drug-likeness (QED) is 0.862. The lowest BCUT2D eigenvalue weighted by molar-refractivity contribution is 0.185. The highest BCUT2D eigenvalue weighted by molar-refractivity contribution is 5.90. The number of hydrogen-bond donors (Lipinski definition) is 2. The first-order valence-corrected chi connectivity index (χ1v) is 6.07. The van der Waals surface area contributed by atoms with Crippen molar-refractivity contribution in [3.05, 3.63) is 29.6 Å². The Bertz CT molecular complexity index is 447. The maximum Gasteiger partial charge on any atom is 0.322 e. The summed E-state index contributed by atoms with van der Waals surface area (Å²) < 4.78 is 13.3. The molecule has 1 fully saturated rings. The van der Waals surface area contributed by atoms with Crippen LogP contribution in [0.4, 0.5) is 14.9 Å². The van der Waals surface area contributed by atoms with E-state index < -0.39 is 0 Å². The van der Waals surface area contributed by atoms with Gasteiger partial charge in [-0.25, -0.2) is 9.18 Å². The highest BCUT2D eigenvalue weighted by Gasteiger charge is 2.32. The van der Waals surface area contributed by atoms with Crippen LogP contribution in [0, 0.1) is 12.7 Å². The lowest BCUT2D eigenvalue weighted by Gasteiger charge is -2.22. The SMILES string of the molecule is Cc1c(F)cccc1NC(=O)N(CCO)C1CC1. The summed E-state index contributed by atoms with van der Waals surface area (Å²) in [5.41, 5.74) is 0.897. The minimum Gasteiger partial charge on any atom is -0.395 e. The third-order valence-corrected chi connectivity index (χ3v) is 3.10. The average Bonchev–Trinajstić information content (AvgIpc) is 3.16. The Morgan fingerprint density at radius 3 is 2.89 bits per heavy atom. The molecule has 1 aliphatic carbocycles. The summed E-state index contributed by atoms with van der Waals surface area (Å²) in [6.07, 6.45) is 1.94. The van der Waals surface area contributed by atoms with Crippen molar-refractivity contribution in [1.29, 1.82) is 0 Å². The molecule has 2 rings (SSSR count). The summed E-state index contributed by atoms with van der Waals surface area (Å²) >= 11 is 0. The fraction of sp³-hybridized carbons (Fsp3) is 0.462. The van der Waals surface area contributed by atoms with Gasteiger partial charge in [0.2, 0.25) is 0 Å². The first-order chi connectivity index (χ1) is 8.63. The minimum absolute atomic E-state index is 0.0634. The second-order valence-electron chi connectivity index (χ2n) is 4.49. The predicted octanol–water partition coefficient (Wildman–Crippen LogP) is 2.12. The first-order valence-electron chi connectivity index (χ1n) is 6.07. The normalized spacial score (nSPS) is 14.4. The molecule has 0 saturated heterocycles. The number of hydrogen-bond acceptors (Lipinski definition) is 2. The van der Waals surface area contributed by atoms with E-state index in [2.05, 4.69) is 5.32 Å². The summed E-state index contributed by atoms with van der Waals surface area (Å²) in [6.45, 7) is 1.87. The van der Waals surface area contributed by atoms with E-state index in [-0.39, 0.29) is 24.5 Å². The Hall–Kier alpha value is -1.62. The highest BCUT2D eigenvalue weighted by atomic mass is 19.1. The maximum atomic E-state index is 13.3. The van der Waals surface area contributed by atoms with Crippen LogP contribution in [0.3, 0.4) is 0 Å². The Kier molecular flexibility index (Phi) is 3.81. The molecule has 1 aromatic carbocycles. The van der Waals surface area contributed by atoms with E-state index in [1.54, 1.807) is 24.0 Å². The van der Waals surface area contributed by atoms with Gasteiger partial charge in [-0.15, -0.1) is 0 Å². The molecule has 1 aliphatic rings. The molecule has 0 bridgehead atoms. The zero-order valence-corrected chi connectivity index (χ0v) is 10.3. The molecule has 2 amide bonds. The predicted molar refractivity (Wildman–Crippen MR) is 67.0 cm³/mol. The van der Waals surface area contributed by atoms with Crippen LogP contribution in [0.25, 0.3) is 0 Å². The fourth-order valence-corrected chi connectivity index (χ4v) is 1.87. The number of amides is 2. The lowest BCUT2D eigenvalue weighted by atomic mass is 10.2. The number of carbonyl (C=O) groups excluding carboxylic acids is 1. The molecule has 0 atom stereocenters. The molecule has 2 N–H and O–H groups in total. The van der Waals surface area contributed by atoms with Crippen LogP contribution < -0.4 is 5.32 Å². The van der Waals surface area contributed by atoms with Gasteiger partial charge in [-0.1, -0.05) is 6.07 Å². The van der Waals surface area contributed by atoms with E-state index in [0.29, 0.717) is 17.8 Å². The molecule has 0 unspecified atom stereocenters. The number of carbonyl (C=O) groups is 1. The smallest absolute Gasteiger partial charge is 0.322 e. The minimum atomic E-state index is -0.340. The van der Waals surface area contributed by atoms with Crippen molar-refractivity contribution in [2.75, 3.05) is 18.5 Å². The van der Waals surface area contributed by atoms with Crippen molar-refractivity contribution in [2.45, 2.75) is 25.8 Å². The van der Waals surface area contributed by atoms with E-state index in [4.69, 9.17) is 5.11 Å². The van der Waals surface area contributed by atoms with Gasteiger partial charge in [-0.05, 0) is 31.9 Å². The van der Waals surface area contributed by atoms with Gasteiger partial charge in [0.25, 0.3) is 0 Å². The molecular formula is C13H17FN2O2. The number of urea groups is 1. The van der Waals surface area contributed by atoms with Crippen LogP contribution in [0.15, 0.2) is 18.2 Å². The lowest BCUT2D eigenvalue weighted by Crippen LogP contribution is -2.38. The Labute approximate surface area is 105 Å². The Balaban J connectivity index is 2.07. The van der Waals surface area contributed by atoms with E-state index in [1.807, 2.05) is 0 Å². The van der Waals surface area contributed by atoms with Crippen LogP contribution in [0.2, 0.25) is 0 Å². The van der Waals surface area contributed by atoms with Gasteiger partial charge in [0.15, 0.2) is 0 Å². The number of benzene rings is 1. The van der Waals surface area contributed by atoms with Crippen molar-refractivity contribution < 1.29 is 14.3 Å². The standard InChI is InChI=1S/C13H17FN2O2/c1-9-11(14)3-2-4-12(9)15-13(18)16(7-8-17)10-5-6-10/h2-4,10,17H,5-8H2,1H3,(H,15,18). The van der Waals surface area contributed by atoms with E-state index in [0.717, 1.165) is 12.8 Å². The molecule has 0 aliphatic heterocycles. The molecule has 0 heterocycles. The zero-order chi connectivity index (χ0) is 13.1. The van der Waals surface area contributed by atoms with E-state index >= 15 is 0 Å². The van der Waals surface area contributed by atoms with Crippen LogP contribution >= 0.6 is 0 Å². The van der Waals surface area contributed by atoms with Gasteiger partial charge in [-0.2, -0.15) is 0 Å². The number of halogens is 1. The van der Waals surface area contributed by atoms with Gasteiger partial charge >= 0.3 is 6.03 Å². The molecular weight excluding hydrogens is 235 g/mol. The van der Waals surface area contributed by atoms with Crippen molar-refractivity contribution in [1.82, 2.24) is 4.90 Å². The van der Waals surface area contributed by atoms with Gasteiger partial charge in [0.1, 0.15) is 5.82 Å². The second-order valence-corrected chi connectivity index (χ2v) is 4.49. The molecule has 0 spiro atoms. The third-order valence-electron chi connectivity index (χ3n) is 3.10. The summed E-state index contributed by atoms with van der Waals surface area (Å²) in [7, 11) is 0. The molecule has 1 aromatic rings. The number of nitrogens with one attached hydrogen (secondary N) is 1. The number of rotatable bonds is 4. The number of aliphatic hydroxyl groups is 1. The molecule has 1 saturated carbocycles. The average molecular weight is 252 g/mol. The largest absolute Gasteiger partial charge is 0.395 e. The van der Waals surface area contributed by atoms with Gasteiger partial charge in [-0.3, -0.25) is 0 Å². The Morgan fingerprint density at radius 2 is 2.28 bits per heavy atom. The highest BCUT2D eigenvalue weighted by Crippen LogP contribution is 2.27. The summed E-state index contributed by atoms with van der Waals surface area (Å²) in [5, 5.41) is 11.6. The van der Waals surface area contributed by atoms with Crippen LogP contribution in [0.5, 0.6) is 0 Å². The molecule has 98 valence electrons. The van der Waals surface area contributed by atoms with Gasteiger partial charge in [0, 0.05) is 23.8 Å². The van der Waals surface area contributed by atoms with E-state index in [9.17, 15) is 9.18 Å². The fourth-order valence-electron chi connectivity index (χ4n) is 1.87. The van der Waals surface area contributed by atoms with Gasteiger partial charge < -0.3 is 15.3 Å². The molecule has 4 nitrogen and oxygen atoms in total. The van der Waals surface area contributed by atoms with Crippen molar-refractivity contribution in [3.63, 3.8) is 0 Å². The van der Waals surface area contributed by atoms with E-state index in [1.165, 1.54) is 6.07 Å². The third kappa shape index (κ3) is 2.79. The maximum absolute atomic E-state index is 13.3. The van der Waals surface area contributed by atoms with Gasteiger partial charge in [0.05, 0.1) is 6.61 Å². The molecule has 5 heteroatoms. The first kappa shape index (κ1) is 12.8. The number of nitrogens with zero attached hydrogens (tertiary/aromatic N) is 1. The second kappa shape index (κ2) is 5.35. The monoisotopic (exact) mass is 252 g/mol. The number of anilines is 1.